The van der Waals surface area contributed by atoms with Crippen molar-refractivity contribution in [2.24, 2.45) is 0 Å². The Bertz CT molecular complexity index is 1310. The molecule has 0 spiro atoms. The molecule has 0 saturated heterocycles. The SMILES string of the molecule is CC[C@@H](NC(=O)CN(c1ccc(Cl)cc1Cl)S(=O)(=O)c1ccccc1)c1ccc2c(c1)CCCC2. The van der Waals surface area contributed by atoms with Gasteiger partial charge in [-0.15, -0.1) is 0 Å². The van der Waals surface area contributed by atoms with E-state index in [1.807, 2.05) is 6.92 Å². The Morgan fingerprint density at radius 3 is 2.37 bits per heavy atom. The summed E-state index contributed by atoms with van der Waals surface area (Å²) in [5.74, 6) is -0.417. The Balaban J connectivity index is 1.62. The van der Waals surface area contributed by atoms with Crippen molar-refractivity contribution in [1.82, 2.24) is 5.32 Å². The number of nitrogens with zero attached hydrogens (tertiary/aromatic N) is 1. The van der Waals surface area contributed by atoms with Gasteiger partial charge in [-0.1, -0.05) is 66.5 Å². The Labute approximate surface area is 217 Å². The molecule has 8 heteroatoms. The van der Waals surface area contributed by atoms with E-state index in [0.717, 1.165) is 22.7 Å². The van der Waals surface area contributed by atoms with Crippen LogP contribution in [0.5, 0.6) is 0 Å². The summed E-state index contributed by atoms with van der Waals surface area (Å²) in [4.78, 5) is 13.3. The van der Waals surface area contributed by atoms with Gasteiger partial charge in [-0.25, -0.2) is 8.42 Å². The molecule has 1 atom stereocenters. The molecule has 0 bridgehead atoms. The lowest BCUT2D eigenvalue weighted by Crippen LogP contribution is -2.42. The highest BCUT2D eigenvalue weighted by Crippen LogP contribution is 2.33. The molecular weight excluding hydrogens is 503 g/mol. The standard InChI is InChI=1S/C27H28Cl2N2O3S/c1-2-25(21-13-12-19-8-6-7-9-20(19)16-21)30-27(32)18-31(26-15-14-22(28)17-24(26)29)35(33,34)23-10-4-3-5-11-23/h3-5,10-17,25H,2,6-9,18H2,1H3,(H,30,32)/t25-/m1/s1. The summed E-state index contributed by atoms with van der Waals surface area (Å²) in [5, 5.41) is 3.55. The fourth-order valence-electron chi connectivity index (χ4n) is 4.46. The molecule has 4 rings (SSSR count). The van der Waals surface area contributed by atoms with E-state index in [2.05, 4.69) is 23.5 Å². The number of sulfonamides is 1. The largest absolute Gasteiger partial charge is 0.348 e. The molecule has 1 N–H and O–H groups in total. The van der Waals surface area contributed by atoms with Gasteiger partial charge in [0.05, 0.1) is 21.6 Å². The third-order valence-corrected chi connectivity index (χ3v) is 8.63. The van der Waals surface area contributed by atoms with Crippen molar-refractivity contribution in [1.29, 1.82) is 0 Å². The van der Waals surface area contributed by atoms with Gasteiger partial charge in [-0.3, -0.25) is 9.10 Å². The topological polar surface area (TPSA) is 66.5 Å². The lowest BCUT2D eigenvalue weighted by atomic mass is 9.89. The summed E-state index contributed by atoms with van der Waals surface area (Å²) in [5.41, 5.74) is 3.93. The van der Waals surface area contributed by atoms with Gasteiger partial charge < -0.3 is 5.32 Å². The van der Waals surface area contributed by atoms with Crippen molar-refractivity contribution in [3.8, 4) is 0 Å². The van der Waals surface area contributed by atoms with E-state index in [1.165, 1.54) is 48.2 Å². The molecule has 1 aliphatic carbocycles. The van der Waals surface area contributed by atoms with Crippen LogP contribution in [0.25, 0.3) is 0 Å². The van der Waals surface area contributed by atoms with Crippen molar-refractivity contribution in [2.45, 2.75) is 50.0 Å². The van der Waals surface area contributed by atoms with Crippen LogP contribution in [0.15, 0.2) is 71.6 Å². The smallest absolute Gasteiger partial charge is 0.264 e. The number of hydrogen-bond donors (Lipinski definition) is 1. The first kappa shape index (κ1) is 25.5. The second-order valence-corrected chi connectivity index (χ2v) is 11.4. The van der Waals surface area contributed by atoms with Gasteiger partial charge in [0.1, 0.15) is 6.54 Å². The van der Waals surface area contributed by atoms with E-state index in [1.54, 1.807) is 24.3 Å². The maximum absolute atomic E-state index is 13.5. The molecule has 0 aliphatic heterocycles. The molecule has 0 unspecified atom stereocenters. The highest BCUT2D eigenvalue weighted by molar-refractivity contribution is 7.92. The van der Waals surface area contributed by atoms with Gasteiger partial charge in [0.2, 0.25) is 5.91 Å². The predicted octanol–water partition coefficient (Wildman–Crippen LogP) is 6.34. The Hall–Kier alpha value is -2.54. The first-order chi connectivity index (χ1) is 16.8. The van der Waals surface area contributed by atoms with Crippen molar-refractivity contribution in [3.05, 3.63) is 93.5 Å². The average Bonchev–Trinajstić information content (AvgIpc) is 2.86. The minimum atomic E-state index is -4.06. The third kappa shape index (κ3) is 5.83. The molecule has 0 saturated carbocycles. The van der Waals surface area contributed by atoms with Crippen LogP contribution < -0.4 is 9.62 Å². The van der Waals surface area contributed by atoms with Crippen LogP contribution in [0, 0.1) is 0 Å². The zero-order chi connectivity index (χ0) is 25.0. The molecule has 184 valence electrons. The number of benzene rings is 3. The normalized spacial score (nSPS) is 14.1. The second kappa shape index (κ2) is 11.0. The maximum Gasteiger partial charge on any atom is 0.264 e. The van der Waals surface area contributed by atoms with Gasteiger partial charge in [0, 0.05) is 5.02 Å². The number of halogens is 2. The summed E-state index contributed by atoms with van der Waals surface area (Å²) >= 11 is 12.4. The summed E-state index contributed by atoms with van der Waals surface area (Å²) in [6.07, 6.45) is 5.20. The van der Waals surface area contributed by atoms with E-state index in [-0.39, 0.29) is 21.6 Å². The van der Waals surface area contributed by atoms with Crippen LogP contribution >= 0.6 is 23.2 Å². The number of rotatable bonds is 8. The van der Waals surface area contributed by atoms with Crippen molar-refractivity contribution < 1.29 is 13.2 Å². The minimum absolute atomic E-state index is 0.0699. The molecule has 3 aromatic carbocycles. The molecule has 1 aliphatic rings. The number of carbonyl (C=O) groups excluding carboxylic acids is 1. The van der Waals surface area contributed by atoms with Crippen LogP contribution in [0.3, 0.4) is 0 Å². The lowest BCUT2D eigenvalue weighted by molar-refractivity contribution is -0.120. The summed E-state index contributed by atoms with van der Waals surface area (Å²) < 4.78 is 28.1. The fourth-order valence-corrected chi connectivity index (χ4v) is 6.49. The van der Waals surface area contributed by atoms with Gasteiger partial charge >= 0.3 is 0 Å². The molecule has 0 aromatic heterocycles. The molecule has 5 nitrogen and oxygen atoms in total. The van der Waals surface area contributed by atoms with Gasteiger partial charge in [-0.05, 0) is 79.1 Å². The fraction of sp³-hybridized carbons (Fsp3) is 0.296. The highest BCUT2D eigenvalue weighted by atomic mass is 35.5. The monoisotopic (exact) mass is 530 g/mol. The zero-order valence-corrected chi connectivity index (χ0v) is 21.8. The quantitative estimate of drug-likeness (QED) is 0.369. The van der Waals surface area contributed by atoms with Crippen LogP contribution in [-0.2, 0) is 27.7 Å². The average molecular weight is 532 g/mol. The molecule has 3 aromatic rings. The van der Waals surface area contributed by atoms with Gasteiger partial charge in [0.25, 0.3) is 10.0 Å². The number of nitrogens with one attached hydrogen (secondary N) is 1. The van der Waals surface area contributed by atoms with Crippen LogP contribution in [0.2, 0.25) is 10.0 Å². The van der Waals surface area contributed by atoms with Crippen molar-refractivity contribution >= 4 is 44.8 Å². The van der Waals surface area contributed by atoms with E-state index in [9.17, 15) is 13.2 Å². The summed E-state index contributed by atoms with van der Waals surface area (Å²) in [7, 11) is -4.06. The molecule has 0 heterocycles. The number of hydrogen-bond acceptors (Lipinski definition) is 3. The lowest BCUT2D eigenvalue weighted by Gasteiger charge is -2.27. The highest BCUT2D eigenvalue weighted by Gasteiger charge is 2.29. The first-order valence-electron chi connectivity index (χ1n) is 11.7. The van der Waals surface area contributed by atoms with Crippen LogP contribution in [0.4, 0.5) is 5.69 Å². The van der Waals surface area contributed by atoms with E-state index in [4.69, 9.17) is 23.2 Å². The predicted molar refractivity (Wildman–Crippen MR) is 142 cm³/mol. The summed E-state index contributed by atoms with van der Waals surface area (Å²) in [6.45, 7) is 1.58. The maximum atomic E-state index is 13.5. The van der Waals surface area contributed by atoms with Crippen molar-refractivity contribution in [3.63, 3.8) is 0 Å². The Kier molecular flexibility index (Phi) is 8.05. The molecular formula is C27H28Cl2N2O3S. The second-order valence-electron chi connectivity index (χ2n) is 8.68. The summed E-state index contributed by atoms with van der Waals surface area (Å²) in [6, 6.07) is 18.7. The molecule has 0 fully saturated rings. The van der Waals surface area contributed by atoms with Gasteiger partial charge in [0.15, 0.2) is 0 Å². The Morgan fingerprint density at radius 2 is 1.69 bits per heavy atom. The minimum Gasteiger partial charge on any atom is -0.348 e. The molecule has 35 heavy (non-hydrogen) atoms. The number of fused-ring (bicyclic) bond motifs is 1. The van der Waals surface area contributed by atoms with E-state index >= 15 is 0 Å². The Morgan fingerprint density at radius 1 is 0.971 bits per heavy atom. The molecule has 1 amide bonds. The van der Waals surface area contributed by atoms with E-state index < -0.39 is 22.5 Å². The zero-order valence-electron chi connectivity index (χ0n) is 19.5. The van der Waals surface area contributed by atoms with E-state index in [0.29, 0.717) is 11.4 Å². The molecule has 0 radical (unpaired) electrons. The van der Waals surface area contributed by atoms with Gasteiger partial charge in [-0.2, -0.15) is 0 Å². The van der Waals surface area contributed by atoms with Crippen LogP contribution in [-0.4, -0.2) is 20.9 Å². The number of aryl methyl sites for hydroxylation is 2. The van der Waals surface area contributed by atoms with Crippen molar-refractivity contribution in [2.75, 3.05) is 10.8 Å². The number of carbonyl (C=O) groups is 1. The number of anilines is 1. The number of amides is 1. The first-order valence-corrected chi connectivity index (χ1v) is 13.9. The third-order valence-electron chi connectivity index (χ3n) is 6.32. The van der Waals surface area contributed by atoms with Crippen LogP contribution in [0.1, 0.15) is 48.9 Å².